The third kappa shape index (κ3) is 3.83. The Morgan fingerprint density at radius 2 is 1.65 bits per heavy atom. The number of fused-ring (bicyclic) bond motifs is 4. The average molecular weight is 495 g/mol. The van der Waals surface area contributed by atoms with Crippen LogP contribution in [0.4, 0.5) is 0 Å². The van der Waals surface area contributed by atoms with Crippen molar-refractivity contribution in [3.8, 4) is 23.0 Å². The first kappa shape index (κ1) is 22.6. The summed E-state index contributed by atoms with van der Waals surface area (Å²) in [7, 11) is 3.13. The molecule has 8 heteroatoms. The number of Topliss-reactive ketones (excluding diaryl/α,β-unsaturated/α-hetero) is 1. The molecule has 0 aliphatic carbocycles. The Labute approximate surface area is 211 Å². The SMILES string of the molecule is COc1ccc(/C=C2/Oc3c(ccc4c3[C@H](c3cc5ccc(OC)cc5[nH]c3=O)CC(=O)O4)C2=O)cc1. The number of carbonyl (C=O) groups is 2. The summed E-state index contributed by atoms with van der Waals surface area (Å²) < 4.78 is 22.0. The molecule has 0 bridgehead atoms. The number of nitrogens with one attached hydrogen (secondary N) is 1. The van der Waals surface area contributed by atoms with Crippen LogP contribution in [0.3, 0.4) is 0 Å². The van der Waals surface area contributed by atoms with Crippen LogP contribution in [-0.4, -0.2) is 31.0 Å². The molecule has 4 aromatic rings. The predicted molar refractivity (Wildman–Crippen MR) is 136 cm³/mol. The van der Waals surface area contributed by atoms with Crippen LogP contribution in [0.5, 0.6) is 23.0 Å². The fraction of sp³-hybridized carbons (Fsp3) is 0.138. The minimum absolute atomic E-state index is 0.0662. The predicted octanol–water partition coefficient (Wildman–Crippen LogP) is 4.60. The van der Waals surface area contributed by atoms with Crippen LogP contribution in [0.2, 0.25) is 0 Å². The number of allylic oxidation sites excluding steroid dienone is 1. The van der Waals surface area contributed by atoms with E-state index in [0.717, 1.165) is 10.9 Å². The van der Waals surface area contributed by atoms with Crippen molar-refractivity contribution in [1.82, 2.24) is 4.98 Å². The standard InChI is InChI=1S/C29H21NO7/c1-34-17-6-3-15(4-7-17)11-24-27(32)19-9-10-23-26(28(19)37-24)20(14-25(31)36-23)21-12-16-5-8-18(35-2)13-22(16)30-29(21)33/h3-13,20H,14H2,1-2H3,(H,30,33)/b24-11+/t20-/m0/s1. The van der Waals surface area contributed by atoms with Crippen LogP contribution >= 0.6 is 0 Å². The molecule has 1 atom stereocenters. The van der Waals surface area contributed by atoms with Gasteiger partial charge < -0.3 is 23.9 Å². The van der Waals surface area contributed by atoms with Crippen LogP contribution in [-0.2, 0) is 4.79 Å². The van der Waals surface area contributed by atoms with Gasteiger partial charge in [-0.15, -0.1) is 0 Å². The molecule has 8 nitrogen and oxygen atoms in total. The lowest BCUT2D eigenvalue weighted by molar-refractivity contribution is -0.135. The molecule has 2 aliphatic rings. The Kier molecular flexibility index (Phi) is 5.30. The van der Waals surface area contributed by atoms with Crippen LogP contribution in [0.25, 0.3) is 17.0 Å². The topological polar surface area (TPSA) is 104 Å². The summed E-state index contributed by atoms with van der Waals surface area (Å²) in [6.45, 7) is 0. The molecular formula is C29H21NO7. The van der Waals surface area contributed by atoms with E-state index in [1.807, 2.05) is 18.2 Å². The highest BCUT2D eigenvalue weighted by Gasteiger charge is 2.39. The van der Waals surface area contributed by atoms with Gasteiger partial charge in [0.15, 0.2) is 5.76 Å². The van der Waals surface area contributed by atoms with Crippen molar-refractivity contribution in [3.63, 3.8) is 0 Å². The number of aromatic nitrogens is 1. The van der Waals surface area contributed by atoms with E-state index in [2.05, 4.69) is 4.98 Å². The molecule has 0 amide bonds. The third-order valence-electron chi connectivity index (χ3n) is 6.65. The maximum Gasteiger partial charge on any atom is 0.312 e. The fourth-order valence-electron chi connectivity index (χ4n) is 4.81. The van der Waals surface area contributed by atoms with Crippen molar-refractivity contribution >= 4 is 28.7 Å². The minimum Gasteiger partial charge on any atom is -0.497 e. The fourth-order valence-corrected chi connectivity index (χ4v) is 4.81. The minimum atomic E-state index is -0.658. The smallest absolute Gasteiger partial charge is 0.312 e. The molecule has 184 valence electrons. The summed E-state index contributed by atoms with van der Waals surface area (Å²) in [5.74, 6) is 0.610. The van der Waals surface area contributed by atoms with Gasteiger partial charge in [-0.1, -0.05) is 12.1 Å². The zero-order chi connectivity index (χ0) is 25.7. The number of hydrogen-bond acceptors (Lipinski definition) is 7. The van der Waals surface area contributed by atoms with E-state index in [0.29, 0.717) is 39.5 Å². The molecule has 1 N–H and O–H groups in total. The maximum atomic E-state index is 13.2. The van der Waals surface area contributed by atoms with Gasteiger partial charge in [-0.25, -0.2) is 0 Å². The van der Waals surface area contributed by atoms with Crippen LogP contribution in [0.15, 0.2) is 71.2 Å². The van der Waals surface area contributed by atoms with Crippen molar-refractivity contribution in [3.05, 3.63) is 99.0 Å². The lowest BCUT2D eigenvalue weighted by Gasteiger charge is -2.26. The number of pyridine rings is 1. The van der Waals surface area contributed by atoms with Gasteiger partial charge in [0.1, 0.15) is 23.0 Å². The second kappa shape index (κ2) is 8.67. The Bertz CT molecular complexity index is 1680. The summed E-state index contributed by atoms with van der Waals surface area (Å²) >= 11 is 0. The van der Waals surface area contributed by atoms with E-state index in [1.165, 1.54) is 0 Å². The molecule has 37 heavy (non-hydrogen) atoms. The molecule has 2 aliphatic heterocycles. The molecule has 6 rings (SSSR count). The van der Waals surface area contributed by atoms with Gasteiger partial charge in [0.05, 0.1) is 31.7 Å². The lowest BCUT2D eigenvalue weighted by atomic mass is 9.85. The molecule has 1 aromatic heterocycles. The van der Waals surface area contributed by atoms with Crippen LogP contribution in [0.1, 0.15) is 39.4 Å². The van der Waals surface area contributed by atoms with Crippen molar-refractivity contribution in [1.29, 1.82) is 0 Å². The quantitative estimate of drug-likeness (QED) is 0.251. The molecule has 0 spiro atoms. The molecule has 0 saturated heterocycles. The third-order valence-corrected chi connectivity index (χ3v) is 6.65. The van der Waals surface area contributed by atoms with E-state index < -0.39 is 11.9 Å². The van der Waals surface area contributed by atoms with Gasteiger partial charge in [-0.3, -0.25) is 14.4 Å². The normalized spacial score (nSPS) is 17.2. The molecule has 0 saturated carbocycles. The summed E-state index contributed by atoms with van der Waals surface area (Å²) in [4.78, 5) is 41.8. The maximum absolute atomic E-state index is 13.2. The number of ether oxygens (including phenoxy) is 4. The summed E-state index contributed by atoms with van der Waals surface area (Å²) in [5.41, 5.74) is 2.26. The number of hydrogen-bond donors (Lipinski definition) is 1. The van der Waals surface area contributed by atoms with Crippen molar-refractivity contribution in [2.75, 3.05) is 14.2 Å². The number of methoxy groups -OCH3 is 2. The van der Waals surface area contributed by atoms with Gasteiger partial charge in [-0.05, 0) is 59.5 Å². The molecule has 3 aromatic carbocycles. The van der Waals surface area contributed by atoms with Crippen molar-refractivity contribution in [2.24, 2.45) is 0 Å². The molecule has 0 unspecified atom stereocenters. The Morgan fingerprint density at radius 1 is 0.892 bits per heavy atom. The van der Waals surface area contributed by atoms with Gasteiger partial charge in [0.25, 0.3) is 5.56 Å². The van der Waals surface area contributed by atoms with E-state index in [1.54, 1.807) is 62.8 Å². The lowest BCUT2D eigenvalue weighted by Crippen LogP contribution is -2.26. The first-order chi connectivity index (χ1) is 17.9. The summed E-state index contributed by atoms with van der Waals surface area (Å²) in [5, 5.41) is 0.778. The highest BCUT2D eigenvalue weighted by atomic mass is 16.5. The first-order valence-electron chi connectivity index (χ1n) is 11.6. The zero-order valence-corrected chi connectivity index (χ0v) is 20.0. The largest absolute Gasteiger partial charge is 0.497 e. The number of ketones is 1. The molecular weight excluding hydrogens is 474 g/mol. The van der Waals surface area contributed by atoms with Gasteiger partial charge in [-0.2, -0.15) is 0 Å². The Morgan fingerprint density at radius 3 is 2.41 bits per heavy atom. The number of aromatic amines is 1. The summed E-state index contributed by atoms with van der Waals surface area (Å²) in [6.07, 6.45) is 1.58. The second-order valence-electron chi connectivity index (χ2n) is 8.80. The average Bonchev–Trinajstić information content (AvgIpc) is 3.22. The monoisotopic (exact) mass is 495 g/mol. The molecule has 3 heterocycles. The van der Waals surface area contributed by atoms with Gasteiger partial charge in [0.2, 0.25) is 5.78 Å². The number of rotatable bonds is 4. The van der Waals surface area contributed by atoms with Crippen LogP contribution < -0.4 is 24.5 Å². The number of esters is 1. The van der Waals surface area contributed by atoms with E-state index in [-0.39, 0.29) is 29.3 Å². The van der Waals surface area contributed by atoms with Crippen molar-refractivity contribution < 1.29 is 28.5 Å². The van der Waals surface area contributed by atoms with Gasteiger partial charge >= 0.3 is 5.97 Å². The number of carbonyl (C=O) groups excluding carboxylic acids is 2. The van der Waals surface area contributed by atoms with Crippen LogP contribution in [0, 0.1) is 0 Å². The molecule has 0 fully saturated rings. The molecule has 0 radical (unpaired) electrons. The second-order valence-corrected chi connectivity index (χ2v) is 8.80. The highest BCUT2D eigenvalue weighted by molar-refractivity contribution is 6.15. The first-order valence-corrected chi connectivity index (χ1v) is 11.6. The zero-order valence-electron chi connectivity index (χ0n) is 20.0. The Hall–Kier alpha value is -4.85. The summed E-state index contributed by atoms with van der Waals surface area (Å²) in [6, 6.07) is 17.5. The van der Waals surface area contributed by atoms with E-state index in [4.69, 9.17) is 18.9 Å². The van der Waals surface area contributed by atoms with E-state index >= 15 is 0 Å². The van der Waals surface area contributed by atoms with E-state index in [9.17, 15) is 14.4 Å². The van der Waals surface area contributed by atoms with Gasteiger partial charge in [0, 0.05) is 23.1 Å². The number of benzene rings is 3. The highest BCUT2D eigenvalue weighted by Crippen LogP contribution is 2.48. The number of H-pyrrole nitrogens is 1. The Balaban J connectivity index is 1.46. The van der Waals surface area contributed by atoms with Crippen molar-refractivity contribution in [2.45, 2.75) is 12.3 Å².